The van der Waals surface area contributed by atoms with Crippen LogP contribution in [-0.4, -0.2) is 35.4 Å². The highest BCUT2D eigenvalue weighted by Gasteiger charge is 2.21. The Hall–Kier alpha value is -2.45. The van der Waals surface area contributed by atoms with Crippen LogP contribution in [0.4, 0.5) is 5.13 Å². The van der Waals surface area contributed by atoms with Gasteiger partial charge in [0, 0.05) is 23.0 Å². The summed E-state index contributed by atoms with van der Waals surface area (Å²) in [5.74, 6) is 1.06. The maximum Gasteiger partial charge on any atom is 0.214 e. The molecular weight excluding hydrogens is 358 g/mol. The van der Waals surface area contributed by atoms with Crippen LogP contribution >= 0.6 is 22.9 Å². The maximum atomic E-state index is 5.94. The molecule has 0 spiro atoms. The van der Waals surface area contributed by atoms with Crippen molar-refractivity contribution in [3.8, 4) is 11.3 Å². The Labute approximate surface area is 152 Å². The van der Waals surface area contributed by atoms with E-state index in [0.717, 1.165) is 51.6 Å². The molecule has 1 aliphatic heterocycles. The van der Waals surface area contributed by atoms with Crippen LogP contribution in [0.1, 0.15) is 12.2 Å². The van der Waals surface area contributed by atoms with Crippen molar-refractivity contribution in [3.05, 3.63) is 47.6 Å². The molecule has 0 saturated carbocycles. The van der Waals surface area contributed by atoms with Gasteiger partial charge in [-0.25, -0.2) is 19.2 Å². The number of aryl methyl sites for hydroxylation is 1. The number of nitrogens with zero attached hydrogens (tertiary/aromatic N) is 6. The Morgan fingerprint density at radius 3 is 2.96 bits per heavy atom. The molecular formula is C16H14ClN7S. The van der Waals surface area contributed by atoms with Crippen LogP contribution in [0.25, 0.3) is 16.2 Å². The number of fused-ring (bicyclic) bond motifs is 2. The summed E-state index contributed by atoms with van der Waals surface area (Å²) >= 11 is 7.49. The van der Waals surface area contributed by atoms with Crippen molar-refractivity contribution in [2.24, 2.45) is 0 Å². The number of imidazole rings is 1. The van der Waals surface area contributed by atoms with Gasteiger partial charge in [-0.05, 0) is 18.6 Å². The predicted octanol–water partition coefficient (Wildman–Crippen LogP) is 3.13. The minimum absolute atomic E-state index is 0.306. The van der Waals surface area contributed by atoms with E-state index in [4.69, 9.17) is 11.6 Å². The molecule has 126 valence electrons. The second kappa shape index (κ2) is 5.82. The highest BCUT2D eigenvalue weighted by Crippen LogP contribution is 2.26. The molecule has 4 heterocycles. The fourth-order valence-corrected chi connectivity index (χ4v) is 4.03. The van der Waals surface area contributed by atoms with Crippen molar-refractivity contribution in [3.63, 3.8) is 0 Å². The van der Waals surface area contributed by atoms with Crippen LogP contribution in [-0.2, 0) is 13.0 Å². The second-order valence-corrected chi connectivity index (χ2v) is 7.40. The van der Waals surface area contributed by atoms with Crippen molar-refractivity contribution in [2.75, 3.05) is 5.32 Å². The molecule has 0 aliphatic carbocycles. The summed E-state index contributed by atoms with van der Waals surface area (Å²) in [6, 6.07) is 7.97. The summed E-state index contributed by atoms with van der Waals surface area (Å²) in [5, 5.41) is 13.9. The number of nitrogens with one attached hydrogen (secondary N) is 1. The predicted molar refractivity (Wildman–Crippen MR) is 97.1 cm³/mol. The zero-order chi connectivity index (χ0) is 16.8. The summed E-state index contributed by atoms with van der Waals surface area (Å²) in [7, 11) is 0. The van der Waals surface area contributed by atoms with Crippen LogP contribution in [0.15, 0.2) is 36.8 Å². The minimum atomic E-state index is 0.306. The zero-order valence-corrected chi connectivity index (χ0v) is 14.7. The van der Waals surface area contributed by atoms with Crippen molar-refractivity contribution in [1.82, 2.24) is 29.4 Å². The lowest BCUT2D eigenvalue weighted by molar-refractivity contribution is 0.441. The molecule has 0 fully saturated rings. The molecule has 0 amide bonds. The van der Waals surface area contributed by atoms with Gasteiger partial charge in [-0.2, -0.15) is 5.10 Å². The number of rotatable bonds is 3. The first kappa shape index (κ1) is 14.9. The van der Waals surface area contributed by atoms with Gasteiger partial charge < -0.3 is 5.32 Å². The monoisotopic (exact) mass is 371 g/mol. The molecule has 1 aromatic carbocycles. The molecule has 0 saturated heterocycles. The zero-order valence-electron chi connectivity index (χ0n) is 13.1. The normalized spacial score (nSPS) is 16.9. The van der Waals surface area contributed by atoms with Gasteiger partial charge in [0.2, 0.25) is 10.1 Å². The van der Waals surface area contributed by atoms with Crippen molar-refractivity contribution in [2.45, 2.75) is 25.4 Å². The van der Waals surface area contributed by atoms with E-state index in [1.54, 1.807) is 17.7 Å². The molecule has 4 aromatic rings. The van der Waals surface area contributed by atoms with Gasteiger partial charge in [0.25, 0.3) is 0 Å². The van der Waals surface area contributed by atoms with Crippen molar-refractivity contribution >= 4 is 33.0 Å². The second-order valence-electron chi connectivity index (χ2n) is 6.01. The van der Waals surface area contributed by atoms with Gasteiger partial charge in [0.15, 0.2) is 0 Å². The first-order valence-electron chi connectivity index (χ1n) is 8.00. The molecule has 7 nitrogen and oxygen atoms in total. The molecule has 0 bridgehead atoms. The van der Waals surface area contributed by atoms with E-state index < -0.39 is 0 Å². The van der Waals surface area contributed by atoms with Gasteiger partial charge in [-0.15, -0.1) is 5.10 Å². The molecule has 5 rings (SSSR count). The Kier molecular flexibility index (Phi) is 3.46. The van der Waals surface area contributed by atoms with E-state index in [2.05, 4.69) is 25.5 Å². The van der Waals surface area contributed by atoms with E-state index in [1.807, 2.05) is 39.7 Å². The lowest BCUT2D eigenvalue weighted by Crippen LogP contribution is -2.31. The van der Waals surface area contributed by atoms with E-state index in [9.17, 15) is 0 Å². The third kappa shape index (κ3) is 2.77. The quantitative estimate of drug-likeness (QED) is 0.599. The summed E-state index contributed by atoms with van der Waals surface area (Å²) in [4.78, 5) is 9.79. The smallest absolute Gasteiger partial charge is 0.214 e. The lowest BCUT2D eigenvalue weighted by atomic mass is 10.1. The number of hydrogen-bond donors (Lipinski definition) is 1. The molecule has 1 unspecified atom stereocenters. The molecule has 25 heavy (non-hydrogen) atoms. The highest BCUT2D eigenvalue weighted by molar-refractivity contribution is 7.20. The number of aromatic nitrogens is 6. The third-order valence-electron chi connectivity index (χ3n) is 4.32. The van der Waals surface area contributed by atoms with Crippen LogP contribution in [0, 0.1) is 0 Å². The average molecular weight is 372 g/mol. The first-order chi connectivity index (χ1) is 12.2. The fraction of sp³-hybridized carbons (Fsp3) is 0.250. The standard InChI is InChI=1S/C16H14ClN7S/c17-11-3-1-10(2-4-11)13-8-24-16(21-13)25-15(22-24)20-12-5-6-14-18-9-19-23(14)7-12/h1-4,8-9,12H,5-7H2,(H,20,22). The van der Waals surface area contributed by atoms with Gasteiger partial charge >= 0.3 is 0 Å². The third-order valence-corrected chi connectivity index (χ3v) is 5.42. The number of anilines is 1. The largest absolute Gasteiger partial charge is 0.355 e. The molecule has 1 N–H and O–H groups in total. The Balaban J connectivity index is 1.35. The van der Waals surface area contributed by atoms with Crippen molar-refractivity contribution in [1.29, 1.82) is 0 Å². The molecule has 1 atom stereocenters. The molecule has 0 radical (unpaired) electrons. The summed E-state index contributed by atoms with van der Waals surface area (Å²) in [5.41, 5.74) is 1.93. The first-order valence-corrected chi connectivity index (χ1v) is 9.19. The Morgan fingerprint density at radius 1 is 1.24 bits per heavy atom. The maximum absolute atomic E-state index is 5.94. The highest BCUT2D eigenvalue weighted by atomic mass is 35.5. The fourth-order valence-electron chi connectivity index (χ4n) is 3.05. The van der Waals surface area contributed by atoms with E-state index in [1.165, 1.54) is 0 Å². The van der Waals surface area contributed by atoms with Crippen LogP contribution < -0.4 is 5.32 Å². The topological polar surface area (TPSA) is 72.9 Å². The van der Waals surface area contributed by atoms with E-state index >= 15 is 0 Å². The average Bonchev–Trinajstić information content (AvgIpc) is 3.29. The lowest BCUT2D eigenvalue weighted by Gasteiger charge is -2.22. The summed E-state index contributed by atoms with van der Waals surface area (Å²) in [6.45, 7) is 0.813. The van der Waals surface area contributed by atoms with Gasteiger partial charge in [-0.3, -0.25) is 0 Å². The Morgan fingerprint density at radius 2 is 2.12 bits per heavy atom. The number of hydrogen-bond acceptors (Lipinski definition) is 6. The van der Waals surface area contributed by atoms with Crippen molar-refractivity contribution < 1.29 is 0 Å². The van der Waals surface area contributed by atoms with Gasteiger partial charge in [0.05, 0.1) is 18.4 Å². The summed E-state index contributed by atoms with van der Waals surface area (Å²) < 4.78 is 3.78. The number of halogens is 1. The van der Waals surface area contributed by atoms with Gasteiger partial charge in [-0.1, -0.05) is 35.1 Å². The van der Waals surface area contributed by atoms with Crippen LogP contribution in [0.3, 0.4) is 0 Å². The minimum Gasteiger partial charge on any atom is -0.355 e. The molecule has 1 aliphatic rings. The van der Waals surface area contributed by atoms with Crippen LogP contribution in [0.2, 0.25) is 5.02 Å². The molecule has 9 heteroatoms. The molecule has 3 aromatic heterocycles. The van der Waals surface area contributed by atoms with Crippen LogP contribution in [0.5, 0.6) is 0 Å². The summed E-state index contributed by atoms with van der Waals surface area (Å²) in [6.07, 6.45) is 5.52. The number of benzene rings is 1. The van der Waals surface area contributed by atoms with E-state index in [0.29, 0.717) is 6.04 Å². The van der Waals surface area contributed by atoms with E-state index in [-0.39, 0.29) is 0 Å². The SMILES string of the molecule is Clc1ccc(-c2cn3nc(NC4CCc5ncnn5C4)sc3n2)cc1. The Bertz CT molecular complexity index is 1000. The van der Waals surface area contributed by atoms with Gasteiger partial charge in [0.1, 0.15) is 12.2 Å².